The number of H-pyrrole nitrogens is 1. The number of nitrogens with zero attached hydrogens (tertiary/aromatic N) is 3. The van der Waals surface area contributed by atoms with Crippen molar-refractivity contribution in [3.8, 4) is 11.4 Å². The van der Waals surface area contributed by atoms with Gasteiger partial charge in [-0.1, -0.05) is 60.1 Å². The standard InChI is InChI=1S/C23H19ClN4O/c24-21-17(12-16-8-4-5-9-19(16)25-21)13-28-11-10-20-18(14-28)23(29)27-22(26-20)15-6-2-1-3-7-15/h1-9,12H,10-11,13-14H2,(H,26,27,29). The number of benzene rings is 2. The highest BCUT2D eigenvalue weighted by atomic mass is 35.5. The number of aromatic nitrogens is 3. The molecule has 0 aliphatic carbocycles. The smallest absolute Gasteiger partial charge is 0.255 e. The van der Waals surface area contributed by atoms with Gasteiger partial charge in [-0.3, -0.25) is 9.69 Å². The van der Waals surface area contributed by atoms with E-state index >= 15 is 0 Å². The Hall–Kier alpha value is -3.02. The minimum Gasteiger partial charge on any atom is -0.306 e. The van der Waals surface area contributed by atoms with Crippen LogP contribution in [0.15, 0.2) is 65.5 Å². The van der Waals surface area contributed by atoms with Crippen LogP contribution >= 0.6 is 11.6 Å². The minimum atomic E-state index is -0.0683. The van der Waals surface area contributed by atoms with Gasteiger partial charge in [-0.05, 0) is 12.1 Å². The molecule has 2 aromatic heterocycles. The van der Waals surface area contributed by atoms with Gasteiger partial charge in [-0.2, -0.15) is 0 Å². The Morgan fingerprint density at radius 2 is 1.83 bits per heavy atom. The molecule has 2 aromatic carbocycles. The Morgan fingerprint density at radius 1 is 1.03 bits per heavy atom. The zero-order valence-corrected chi connectivity index (χ0v) is 16.5. The minimum absolute atomic E-state index is 0.0683. The summed E-state index contributed by atoms with van der Waals surface area (Å²) in [6, 6.07) is 19.8. The van der Waals surface area contributed by atoms with Crippen LogP contribution in [-0.4, -0.2) is 26.4 Å². The third-order valence-electron chi connectivity index (χ3n) is 5.34. The lowest BCUT2D eigenvalue weighted by Crippen LogP contribution is -2.35. The highest BCUT2D eigenvalue weighted by Crippen LogP contribution is 2.24. The van der Waals surface area contributed by atoms with Crippen molar-refractivity contribution < 1.29 is 0 Å². The van der Waals surface area contributed by atoms with Crippen LogP contribution < -0.4 is 5.56 Å². The number of aromatic amines is 1. The van der Waals surface area contributed by atoms with Crippen LogP contribution in [0.25, 0.3) is 22.3 Å². The lowest BCUT2D eigenvalue weighted by atomic mass is 10.1. The third kappa shape index (κ3) is 3.55. The molecule has 0 spiro atoms. The maximum absolute atomic E-state index is 12.7. The molecule has 4 aromatic rings. The normalized spacial score (nSPS) is 14.1. The van der Waals surface area contributed by atoms with Gasteiger partial charge in [0.1, 0.15) is 11.0 Å². The molecule has 29 heavy (non-hydrogen) atoms. The van der Waals surface area contributed by atoms with Crippen LogP contribution in [0.2, 0.25) is 5.15 Å². The van der Waals surface area contributed by atoms with E-state index in [4.69, 9.17) is 16.6 Å². The maximum atomic E-state index is 12.7. The molecular weight excluding hydrogens is 384 g/mol. The topological polar surface area (TPSA) is 61.9 Å². The summed E-state index contributed by atoms with van der Waals surface area (Å²) in [7, 11) is 0. The second-order valence-corrected chi connectivity index (χ2v) is 7.66. The Kier molecular flexibility index (Phi) is 4.62. The van der Waals surface area contributed by atoms with E-state index in [-0.39, 0.29) is 5.56 Å². The van der Waals surface area contributed by atoms with E-state index in [9.17, 15) is 4.79 Å². The molecule has 0 saturated heterocycles. The van der Waals surface area contributed by atoms with Gasteiger partial charge in [-0.15, -0.1) is 0 Å². The van der Waals surface area contributed by atoms with E-state index in [1.165, 1.54) is 0 Å². The average Bonchev–Trinajstić information content (AvgIpc) is 2.75. The Bertz CT molecular complexity index is 1250. The molecule has 0 radical (unpaired) electrons. The third-order valence-corrected chi connectivity index (χ3v) is 5.67. The summed E-state index contributed by atoms with van der Waals surface area (Å²) in [5, 5.41) is 1.58. The van der Waals surface area contributed by atoms with E-state index in [2.05, 4.69) is 20.9 Å². The summed E-state index contributed by atoms with van der Waals surface area (Å²) in [5.74, 6) is 0.629. The van der Waals surface area contributed by atoms with Crippen molar-refractivity contribution in [2.45, 2.75) is 19.5 Å². The molecule has 6 heteroatoms. The SMILES string of the molecule is O=c1[nH]c(-c2ccccc2)nc2c1CN(Cc1cc3ccccc3nc1Cl)CC2. The first-order chi connectivity index (χ1) is 14.2. The molecule has 0 unspecified atom stereocenters. The predicted octanol–water partition coefficient (Wildman–Crippen LogP) is 4.20. The molecule has 0 amide bonds. The van der Waals surface area contributed by atoms with Gasteiger partial charge in [0, 0.05) is 42.6 Å². The number of rotatable bonds is 3. The number of hydrogen-bond donors (Lipinski definition) is 1. The van der Waals surface area contributed by atoms with Gasteiger partial charge < -0.3 is 4.98 Å². The molecule has 1 aliphatic heterocycles. The van der Waals surface area contributed by atoms with Gasteiger partial charge in [0.15, 0.2) is 0 Å². The van der Waals surface area contributed by atoms with Gasteiger partial charge in [-0.25, -0.2) is 9.97 Å². The van der Waals surface area contributed by atoms with Crippen LogP contribution in [0.1, 0.15) is 16.8 Å². The number of hydrogen-bond acceptors (Lipinski definition) is 4. The summed E-state index contributed by atoms with van der Waals surface area (Å²) >= 11 is 6.42. The van der Waals surface area contributed by atoms with Crippen LogP contribution in [0, 0.1) is 0 Å². The maximum Gasteiger partial charge on any atom is 0.255 e. The molecule has 0 bridgehead atoms. The monoisotopic (exact) mass is 402 g/mol. The molecule has 3 heterocycles. The quantitative estimate of drug-likeness (QED) is 0.522. The van der Waals surface area contributed by atoms with Crippen molar-refractivity contribution in [2.75, 3.05) is 6.54 Å². The predicted molar refractivity (Wildman–Crippen MR) is 115 cm³/mol. The van der Waals surface area contributed by atoms with Crippen molar-refractivity contribution in [2.24, 2.45) is 0 Å². The van der Waals surface area contributed by atoms with E-state index in [1.54, 1.807) is 0 Å². The van der Waals surface area contributed by atoms with E-state index in [0.717, 1.165) is 46.3 Å². The number of nitrogens with one attached hydrogen (secondary N) is 1. The van der Waals surface area contributed by atoms with Crippen molar-refractivity contribution in [3.05, 3.63) is 93.0 Å². The lowest BCUT2D eigenvalue weighted by Gasteiger charge is -2.28. The first-order valence-electron chi connectivity index (χ1n) is 9.61. The van der Waals surface area contributed by atoms with Crippen LogP contribution in [0.4, 0.5) is 0 Å². The van der Waals surface area contributed by atoms with Crippen molar-refractivity contribution in [1.29, 1.82) is 0 Å². The Balaban J connectivity index is 1.42. The fraction of sp³-hybridized carbons (Fsp3) is 0.174. The first kappa shape index (κ1) is 18.0. The van der Waals surface area contributed by atoms with Crippen molar-refractivity contribution >= 4 is 22.5 Å². The average molecular weight is 403 g/mol. The Labute approximate surface area is 173 Å². The number of fused-ring (bicyclic) bond motifs is 2. The summed E-state index contributed by atoms with van der Waals surface area (Å²) in [6.07, 6.45) is 0.734. The van der Waals surface area contributed by atoms with Crippen LogP contribution in [0.3, 0.4) is 0 Å². The second kappa shape index (κ2) is 7.43. The highest BCUT2D eigenvalue weighted by molar-refractivity contribution is 6.30. The largest absolute Gasteiger partial charge is 0.306 e. The zero-order chi connectivity index (χ0) is 19.8. The molecule has 0 saturated carbocycles. The summed E-state index contributed by atoms with van der Waals surface area (Å²) < 4.78 is 0. The van der Waals surface area contributed by atoms with Gasteiger partial charge in [0.05, 0.1) is 16.8 Å². The van der Waals surface area contributed by atoms with Crippen molar-refractivity contribution in [1.82, 2.24) is 19.9 Å². The molecular formula is C23H19ClN4O. The van der Waals surface area contributed by atoms with Gasteiger partial charge >= 0.3 is 0 Å². The van der Waals surface area contributed by atoms with Crippen LogP contribution in [0.5, 0.6) is 0 Å². The van der Waals surface area contributed by atoms with Gasteiger partial charge in [0.25, 0.3) is 5.56 Å². The molecule has 144 valence electrons. The first-order valence-corrected chi connectivity index (χ1v) is 9.99. The van der Waals surface area contributed by atoms with E-state index in [1.807, 2.05) is 54.6 Å². The molecule has 0 fully saturated rings. The molecule has 5 rings (SSSR count). The van der Waals surface area contributed by atoms with E-state index in [0.29, 0.717) is 24.1 Å². The number of halogens is 1. The molecule has 1 aliphatic rings. The molecule has 0 atom stereocenters. The molecule has 1 N–H and O–H groups in total. The summed E-state index contributed by atoms with van der Waals surface area (Å²) in [4.78, 5) is 27.1. The zero-order valence-electron chi connectivity index (χ0n) is 15.7. The van der Waals surface area contributed by atoms with Crippen LogP contribution in [-0.2, 0) is 19.5 Å². The summed E-state index contributed by atoms with van der Waals surface area (Å²) in [6.45, 7) is 2.02. The van der Waals surface area contributed by atoms with Gasteiger partial charge in [0.2, 0.25) is 0 Å². The van der Waals surface area contributed by atoms with Crippen molar-refractivity contribution in [3.63, 3.8) is 0 Å². The number of pyridine rings is 1. The summed E-state index contributed by atoms with van der Waals surface area (Å²) in [5.41, 5.74) is 4.33. The number of para-hydroxylation sites is 1. The fourth-order valence-electron chi connectivity index (χ4n) is 3.84. The lowest BCUT2D eigenvalue weighted by molar-refractivity contribution is 0.242. The van der Waals surface area contributed by atoms with E-state index < -0.39 is 0 Å². The fourth-order valence-corrected chi connectivity index (χ4v) is 4.04. The molecule has 5 nitrogen and oxygen atoms in total. The highest BCUT2D eigenvalue weighted by Gasteiger charge is 2.22. The Morgan fingerprint density at radius 3 is 2.69 bits per heavy atom. The second-order valence-electron chi connectivity index (χ2n) is 7.30.